The van der Waals surface area contributed by atoms with Gasteiger partial charge in [0.1, 0.15) is 11.6 Å². The van der Waals surface area contributed by atoms with E-state index in [0.717, 1.165) is 11.5 Å². The van der Waals surface area contributed by atoms with Gasteiger partial charge in [0.25, 0.3) is 0 Å². The Bertz CT molecular complexity index is 465. The van der Waals surface area contributed by atoms with Crippen molar-refractivity contribution in [1.29, 1.82) is 0 Å². The number of nitrogens with zero attached hydrogens (tertiary/aromatic N) is 2. The lowest BCUT2D eigenvalue weighted by atomic mass is 10.2. The number of rotatable bonds is 3. The van der Waals surface area contributed by atoms with Crippen LogP contribution in [0.2, 0.25) is 0 Å². The fourth-order valence-electron chi connectivity index (χ4n) is 1.35. The van der Waals surface area contributed by atoms with Crippen molar-refractivity contribution in [3.05, 3.63) is 47.9 Å². The average molecular weight is 214 g/mol. The van der Waals surface area contributed by atoms with Crippen LogP contribution in [0.4, 0.5) is 11.5 Å². The summed E-state index contributed by atoms with van der Waals surface area (Å²) in [5.41, 5.74) is 7.72. The Hall–Kier alpha value is -1.94. The summed E-state index contributed by atoms with van der Waals surface area (Å²) in [5.74, 6) is 1.40. The van der Waals surface area contributed by atoms with Crippen LogP contribution in [-0.2, 0) is 6.54 Å². The van der Waals surface area contributed by atoms with E-state index in [2.05, 4.69) is 22.2 Å². The molecule has 0 aliphatic carbocycles. The number of hydrogen-bond acceptors (Lipinski definition) is 4. The molecule has 0 aliphatic rings. The van der Waals surface area contributed by atoms with Gasteiger partial charge in [0.2, 0.25) is 0 Å². The molecule has 1 heterocycles. The Balaban J connectivity index is 2.16. The minimum atomic E-state index is 0.351. The molecule has 0 aliphatic heterocycles. The minimum Gasteiger partial charge on any atom is -0.340 e. The first-order valence-electron chi connectivity index (χ1n) is 5.13. The van der Waals surface area contributed by atoms with Crippen molar-refractivity contribution in [2.75, 3.05) is 5.32 Å². The highest BCUT2D eigenvalue weighted by molar-refractivity contribution is 5.55. The summed E-state index contributed by atoms with van der Waals surface area (Å²) in [5, 5.41) is 3.20. The van der Waals surface area contributed by atoms with E-state index < -0.39 is 0 Å². The van der Waals surface area contributed by atoms with Crippen LogP contribution < -0.4 is 11.1 Å². The van der Waals surface area contributed by atoms with Gasteiger partial charge in [0, 0.05) is 11.9 Å². The van der Waals surface area contributed by atoms with E-state index >= 15 is 0 Å². The van der Waals surface area contributed by atoms with Crippen molar-refractivity contribution in [1.82, 2.24) is 9.97 Å². The molecule has 2 aromatic rings. The third-order valence-corrected chi connectivity index (χ3v) is 2.21. The zero-order valence-corrected chi connectivity index (χ0v) is 9.14. The molecule has 0 saturated carbocycles. The first-order valence-corrected chi connectivity index (χ1v) is 5.13. The zero-order chi connectivity index (χ0) is 11.4. The van der Waals surface area contributed by atoms with E-state index in [1.165, 1.54) is 5.56 Å². The van der Waals surface area contributed by atoms with Crippen LogP contribution in [0.15, 0.2) is 36.5 Å². The summed E-state index contributed by atoms with van der Waals surface area (Å²) in [6.45, 7) is 2.41. The van der Waals surface area contributed by atoms with Crippen molar-refractivity contribution in [2.45, 2.75) is 13.5 Å². The van der Waals surface area contributed by atoms with Gasteiger partial charge in [-0.05, 0) is 25.1 Å². The highest BCUT2D eigenvalue weighted by Gasteiger charge is 1.97. The lowest BCUT2D eigenvalue weighted by Crippen LogP contribution is -2.04. The van der Waals surface area contributed by atoms with Gasteiger partial charge in [-0.15, -0.1) is 0 Å². The number of nitrogens with two attached hydrogens (primary N) is 1. The molecular weight excluding hydrogens is 200 g/mol. The molecule has 0 fully saturated rings. The topological polar surface area (TPSA) is 63.8 Å². The van der Waals surface area contributed by atoms with Crippen LogP contribution in [0.5, 0.6) is 0 Å². The van der Waals surface area contributed by atoms with E-state index in [1.54, 1.807) is 6.20 Å². The minimum absolute atomic E-state index is 0.351. The third kappa shape index (κ3) is 2.55. The number of aromatic nitrogens is 2. The van der Waals surface area contributed by atoms with Gasteiger partial charge in [-0.2, -0.15) is 0 Å². The molecule has 4 heteroatoms. The first kappa shape index (κ1) is 10.6. The van der Waals surface area contributed by atoms with Crippen molar-refractivity contribution in [2.24, 2.45) is 5.73 Å². The van der Waals surface area contributed by atoms with Crippen LogP contribution in [-0.4, -0.2) is 9.97 Å². The summed E-state index contributed by atoms with van der Waals surface area (Å²) in [7, 11) is 0. The molecular formula is C12H14N4. The Morgan fingerprint density at radius 1 is 1.19 bits per heavy atom. The molecule has 0 bridgehead atoms. The third-order valence-electron chi connectivity index (χ3n) is 2.21. The number of aryl methyl sites for hydroxylation is 1. The molecule has 0 spiro atoms. The molecule has 4 nitrogen and oxygen atoms in total. The normalized spacial score (nSPS) is 10.1. The SMILES string of the molecule is Cc1ccc(Nc2ccnc(CN)n2)cc1. The number of benzene rings is 1. The predicted octanol–water partition coefficient (Wildman–Crippen LogP) is 1.99. The van der Waals surface area contributed by atoms with E-state index in [4.69, 9.17) is 5.73 Å². The zero-order valence-electron chi connectivity index (χ0n) is 9.14. The lowest BCUT2D eigenvalue weighted by Gasteiger charge is -2.06. The van der Waals surface area contributed by atoms with Crippen LogP contribution in [0.25, 0.3) is 0 Å². The van der Waals surface area contributed by atoms with Crippen LogP contribution in [0.1, 0.15) is 11.4 Å². The second-order valence-electron chi connectivity index (χ2n) is 3.55. The summed E-state index contributed by atoms with van der Waals surface area (Å²) in [4.78, 5) is 8.30. The van der Waals surface area contributed by atoms with Crippen molar-refractivity contribution in [3.8, 4) is 0 Å². The molecule has 0 atom stereocenters. The van der Waals surface area contributed by atoms with Gasteiger partial charge in [-0.1, -0.05) is 17.7 Å². The van der Waals surface area contributed by atoms with Crippen molar-refractivity contribution < 1.29 is 0 Å². The van der Waals surface area contributed by atoms with Gasteiger partial charge in [0.05, 0.1) is 6.54 Å². The van der Waals surface area contributed by atoms with Crippen molar-refractivity contribution >= 4 is 11.5 Å². The van der Waals surface area contributed by atoms with Crippen LogP contribution >= 0.6 is 0 Å². The fraction of sp³-hybridized carbons (Fsp3) is 0.167. The maximum Gasteiger partial charge on any atom is 0.144 e. The molecule has 0 unspecified atom stereocenters. The maximum absolute atomic E-state index is 5.48. The number of anilines is 2. The smallest absolute Gasteiger partial charge is 0.144 e. The predicted molar refractivity (Wildman–Crippen MR) is 64.4 cm³/mol. The van der Waals surface area contributed by atoms with Gasteiger partial charge in [-0.3, -0.25) is 0 Å². The summed E-state index contributed by atoms with van der Waals surface area (Å²) >= 11 is 0. The Morgan fingerprint density at radius 3 is 2.62 bits per heavy atom. The Labute approximate surface area is 94.5 Å². The molecule has 1 aromatic heterocycles. The van der Waals surface area contributed by atoms with E-state index in [-0.39, 0.29) is 0 Å². The number of nitrogens with one attached hydrogen (secondary N) is 1. The maximum atomic E-state index is 5.48. The molecule has 0 radical (unpaired) electrons. The van der Waals surface area contributed by atoms with Gasteiger partial charge in [0.15, 0.2) is 0 Å². The summed E-state index contributed by atoms with van der Waals surface area (Å²) in [6.07, 6.45) is 1.70. The molecule has 3 N–H and O–H groups in total. The first-order chi connectivity index (χ1) is 7.78. The lowest BCUT2D eigenvalue weighted by molar-refractivity contribution is 0.912. The second-order valence-corrected chi connectivity index (χ2v) is 3.55. The second kappa shape index (κ2) is 4.72. The average Bonchev–Trinajstić information content (AvgIpc) is 2.32. The van der Waals surface area contributed by atoms with Gasteiger partial charge in [-0.25, -0.2) is 9.97 Å². The van der Waals surface area contributed by atoms with Crippen LogP contribution in [0, 0.1) is 6.92 Å². The largest absolute Gasteiger partial charge is 0.340 e. The molecule has 82 valence electrons. The molecule has 16 heavy (non-hydrogen) atoms. The van der Waals surface area contributed by atoms with Crippen molar-refractivity contribution in [3.63, 3.8) is 0 Å². The van der Waals surface area contributed by atoms with Gasteiger partial charge < -0.3 is 11.1 Å². The highest BCUT2D eigenvalue weighted by atomic mass is 15.0. The summed E-state index contributed by atoms with van der Waals surface area (Å²) < 4.78 is 0. The van der Waals surface area contributed by atoms with E-state index in [0.29, 0.717) is 12.4 Å². The highest BCUT2D eigenvalue weighted by Crippen LogP contribution is 2.14. The molecule has 0 amide bonds. The van der Waals surface area contributed by atoms with E-state index in [9.17, 15) is 0 Å². The molecule has 0 saturated heterocycles. The quantitative estimate of drug-likeness (QED) is 0.820. The number of hydrogen-bond donors (Lipinski definition) is 2. The molecule has 1 aromatic carbocycles. The fourth-order valence-corrected chi connectivity index (χ4v) is 1.35. The van der Waals surface area contributed by atoms with E-state index in [1.807, 2.05) is 30.3 Å². The monoisotopic (exact) mass is 214 g/mol. The standard InChI is InChI=1S/C12H14N4/c1-9-2-4-10(5-3-9)15-11-6-7-14-12(8-13)16-11/h2-7H,8,13H2,1H3,(H,14,15,16). The van der Waals surface area contributed by atoms with Crippen LogP contribution in [0.3, 0.4) is 0 Å². The van der Waals surface area contributed by atoms with Gasteiger partial charge >= 0.3 is 0 Å². The Kier molecular flexibility index (Phi) is 3.12. The Morgan fingerprint density at radius 2 is 1.94 bits per heavy atom. The molecule has 2 rings (SSSR count). The summed E-state index contributed by atoms with van der Waals surface area (Å²) in [6, 6.07) is 9.94.